The first-order valence-electron chi connectivity index (χ1n) is 9.06. The molecule has 1 aliphatic heterocycles. The fourth-order valence-electron chi connectivity index (χ4n) is 3.01. The van der Waals surface area contributed by atoms with Crippen molar-refractivity contribution >= 4 is 17.1 Å². The van der Waals surface area contributed by atoms with Gasteiger partial charge in [-0.3, -0.25) is 4.90 Å². The van der Waals surface area contributed by atoms with Crippen LogP contribution < -0.4 is 0 Å². The van der Waals surface area contributed by atoms with Crippen molar-refractivity contribution in [1.29, 1.82) is 0 Å². The summed E-state index contributed by atoms with van der Waals surface area (Å²) in [6.45, 7) is 5.41. The first kappa shape index (κ1) is 19.5. The molecular weight excluding hydrogens is 361 g/mol. The molecule has 1 N–H and O–H groups in total. The largest absolute Gasteiger partial charge is 0.449 e. The first-order valence-corrected chi connectivity index (χ1v) is 9.06. The summed E-state index contributed by atoms with van der Waals surface area (Å²) in [6.07, 6.45) is -2.83. The number of benzene rings is 1. The standard InChI is InChI=1S/C18H23F3N4O2/c1-2-3-10-27-17(26)25-8-6-24(7-9-25)12-16-22-14-5-4-13(18(19,20)21)11-15(14)23-16/h4-5,11H,2-3,6-10,12H2,1H3,(H,22,23). The summed E-state index contributed by atoms with van der Waals surface area (Å²) in [5, 5.41) is 0. The number of nitrogens with one attached hydrogen (secondary N) is 1. The summed E-state index contributed by atoms with van der Waals surface area (Å²) in [7, 11) is 0. The zero-order chi connectivity index (χ0) is 19.4. The summed E-state index contributed by atoms with van der Waals surface area (Å²) in [4.78, 5) is 23.1. The molecule has 148 valence electrons. The number of unbranched alkanes of at least 4 members (excludes halogenated alkanes) is 1. The minimum atomic E-state index is -4.37. The number of aromatic amines is 1. The number of halogens is 3. The third kappa shape index (κ3) is 4.91. The third-order valence-corrected chi connectivity index (χ3v) is 4.59. The molecule has 0 bridgehead atoms. The van der Waals surface area contributed by atoms with Gasteiger partial charge in [0.15, 0.2) is 0 Å². The van der Waals surface area contributed by atoms with Gasteiger partial charge >= 0.3 is 12.3 Å². The van der Waals surface area contributed by atoms with Crippen molar-refractivity contribution in [3.8, 4) is 0 Å². The molecule has 1 aromatic carbocycles. The SMILES string of the molecule is CCCCOC(=O)N1CCN(Cc2nc3ccc(C(F)(F)F)cc3[nH]2)CC1. The molecule has 0 spiro atoms. The van der Waals surface area contributed by atoms with E-state index in [0.29, 0.717) is 56.2 Å². The number of ether oxygens (including phenoxy) is 1. The van der Waals surface area contributed by atoms with E-state index in [1.807, 2.05) is 6.92 Å². The molecule has 2 heterocycles. The van der Waals surface area contributed by atoms with E-state index in [1.165, 1.54) is 6.07 Å². The number of amides is 1. The first-order chi connectivity index (χ1) is 12.9. The Morgan fingerprint density at radius 1 is 1.26 bits per heavy atom. The van der Waals surface area contributed by atoms with Gasteiger partial charge in [0, 0.05) is 26.2 Å². The average molecular weight is 384 g/mol. The number of rotatable bonds is 5. The minimum Gasteiger partial charge on any atom is -0.449 e. The van der Waals surface area contributed by atoms with Crippen LogP contribution in [0.15, 0.2) is 18.2 Å². The Labute approximate surface area is 155 Å². The van der Waals surface area contributed by atoms with Crippen molar-refractivity contribution in [2.45, 2.75) is 32.5 Å². The molecule has 3 rings (SSSR count). The van der Waals surface area contributed by atoms with E-state index in [1.54, 1.807) is 4.90 Å². The quantitative estimate of drug-likeness (QED) is 0.800. The van der Waals surface area contributed by atoms with Crippen LogP contribution in [0.5, 0.6) is 0 Å². The van der Waals surface area contributed by atoms with E-state index < -0.39 is 11.7 Å². The maximum atomic E-state index is 12.8. The Morgan fingerprint density at radius 2 is 2.00 bits per heavy atom. The van der Waals surface area contributed by atoms with E-state index in [4.69, 9.17) is 4.74 Å². The second-order valence-electron chi connectivity index (χ2n) is 6.64. The monoisotopic (exact) mass is 384 g/mol. The van der Waals surface area contributed by atoms with E-state index in [9.17, 15) is 18.0 Å². The molecule has 9 heteroatoms. The highest BCUT2D eigenvalue weighted by molar-refractivity contribution is 5.76. The summed E-state index contributed by atoms with van der Waals surface area (Å²) in [5.41, 5.74) is 0.189. The van der Waals surface area contributed by atoms with E-state index >= 15 is 0 Å². The zero-order valence-electron chi connectivity index (χ0n) is 15.2. The predicted octanol–water partition coefficient (Wildman–Crippen LogP) is 3.64. The summed E-state index contributed by atoms with van der Waals surface area (Å²) in [5.74, 6) is 0.614. The normalized spacial score (nSPS) is 16.1. The molecule has 6 nitrogen and oxygen atoms in total. The zero-order valence-corrected chi connectivity index (χ0v) is 15.2. The lowest BCUT2D eigenvalue weighted by Gasteiger charge is -2.33. The number of nitrogens with zero attached hydrogens (tertiary/aromatic N) is 3. The number of hydrogen-bond acceptors (Lipinski definition) is 4. The van der Waals surface area contributed by atoms with Crippen molar-refractivity contribution in [3.05, 3.63) is 29.6 Å². The van der Waals surface area contributed by atoms with Gasteiger partial charge in [-0.1, -0.05) is 13.3 Å². The van der Waals surface area contributed by atoms with Gasteiger partial charge in [0.2, 0.25) is 0 Å². The van der Waals surface area contributed by atoms with E-state index in [0.717, 1.165) is 25.0 Å². The average Bonchev–Trinajstić information content (AvgIpc) is 3.03. The molecule has 1 saturated heterocycles. The highest BCUT2D eigenvalue weighted by atomic mass is 19.4. The van der Waals surface area contributed by atoms with Gasteiger partial charge in [-0.05, 0) is 24.6 Å². The predicted molar refractivity (Wildman–Crippen MR) is 94.2 cm³/mol. The number of H-pyrrole nitrogens is 1. The van der Waals surface area contributed by atoms with Gasteiger partial charge < -0.3 is 14.6 Å². The van der Waals surface area contributed by atoms with Gasteiger partial charge in [-0.2, -0.15) is 13.2 Å². The highest BCUT2D eigenvalue weighted by Gasteiger charge is 2.31. The molecule has 1 amide bonds. The molecule has 0 radical (unpaired) electrons. The van der Waals surface area contributed by atoms with Crippen LogP contribution in [0.1, 0.15) is 31.2 Å². The van der Waals surface area contributed by atoms with Crippen molar-refractivity contribution < 1.29 is 22.7 Å². The van der Waals surface area contributed by atoms with Crippen LogP contribution >= 0.6 is 0 Å². The lowest BCUT2D eigenvalue weighted by Crippen LogP contribution is -2.48. The maximum Gasteiger partial charge on any atom is 0.416 e. The van der Waals surface area contributed by atoms with Crippen LogP contribution in [-0.4, -0.2) is 58.6 Å². The van der Waals surface area contributed by atoms with Gasteiger partial charge in [-0.25, -0.2) is 9.78 Å². The summed E-state index contributed by atoms with van der Waals surface area (Å²) in [6, 6.07) is 3.49. The molecule has 1 fully saturated rings. The number of fused-ring (bicyclic) bond motifs is 1. The van der Waals surface area contributed by atoms with Crippen molar-refractivity contribution in [2.24, 2.45) is 0 Å². The molecule has 1 aromatic heterocycles. The number of carbonyl (C=O) groups excluding carboxylic acids is 1. The Kier molecular flexibility index (Phi) is 5.88. The Hall–Kier alpha value is -2.29. The molecule has 27 heavy (non-hydrogen) atoms. The van der Waals surface area contributed by atoms with E-state index in [2.05, 4.69) is 14.9 Å². The van der Waals surface area contributed by atoms with Crippen molar-refractivity contribution in [3.63, 3.8) is 0 Å². The van der Waals surface area contributed by atoms with Crippen LogP contribution in [0.3, 0.4) is 0 Å². The lowest BCUT2D eigenvalue weighted by atomic mass is 10.2. The fourth-order valence-corrected chi connectivity index (χ4v) is 3.01. The fraction of sp³-hybridized carbons (Fsp3) is 0.556. The van der Waals surface area contributed by atoms with Crippen LogP contribution in [-0.2, 0) is 17.5 Å². The Balaban J connectivity index is 1.55. The minimum absolute atomic E-state index is 0.286. The van der Waals surface area contributed by atoms with Crippen LogP contribution in [0, 0.1) is 0 Å². The molecule has 0 saturated carbocycles. The maximum absolute atomic E-state index is 12.8. The number of aromatic nitrogens is 2. The molecule has 0 unspecified atom stereocenters. The van der Waals surface area contributed by atoms with Crippen molar-refractivity contribution in [1.82, 2.24) is 19.8 Å². The van der Waals surface area contributed by atoms with Crippen LogP contribution in [0.4, 0.5) is 18.0 Å². The Bertz CT molecular complexity index is 782. The second-order valence-corrected chi connectivity index (χ2v) is 6.64. The van der Waals surface area contributed by atoms with E-state index in [-0.39, 0.29) is 6.09 Å². The third-order valence-electron chi connectivity index (χ3n) is 4.59. The van der Waals surface area contributed by atoms with Crippen molar-refractivity contribution in [2.75, 3.05) is 32.8 Å². The molecule has 2 aromatic rings. The Morgan fingerprint density at radius 3 is 2.67 bits per heavy atom. The summed E-state index contributed by atoms with van der Waals surface area (Å²) >= 11 is 0. The topological polar surface area (TPSA) is 61.5 Å². The smallest absolute Gasteiger partial charge is 0.416 e. The molecule has 0 aliphatic carbocycles. The number of carbonyl (C=O) groups is 1. The number of piperazine rings is 1. The van der Waals surface area contributed by atoms with Gasteiger partial charge in [-0.15, -0.1) is 0 Å². The molecule has 1 aliphatic rings. The molecule has 0 atom stereocenters. The summed E-state index contributed by atoms with van der Waals surface area (Å²) < 4.78 is 43.6. The van der Waals surface area contributed by atoms with Crippen LogP contribution in [0.25, 0.3) is 11.0 Å². The molecular formula is C18H23F3N4O2. The van der Waals surface area contributed by atoms with Crippen LogP contribution in [0.2, 0.25) is 0 Å². The highest BCUT2D eigenvalue weighted by Crippen LogP contribution is 2.30. The van der Waals surface area contributed by atoms with Gasteiger partial charge in [0.25, 0.3) is 0 Å². The second kappa shape index (κ2) is 8.16. The number of alkyl halides is 3. The number of imidazole rings is 1. The van der Waals surface area contributed by atoms with Gasteiger partial charge in [0.05, 0.1) is 29.7 Å². The number of hydrogen-bond donors (Lipinski definition) is 1. The lowest BCUT2D eigenvalue weighted by molar-refractivity contribution is -0.137. The van der Waals surface area contributed by atoms with Gasteiger partial charge in [0.1, 0.15) is 5.82 Å².